The van der Waals surface area contributed by atoms with E-state index in [9.17, 15) is 0 Å². The van der Waals surface area contributed by atoms with Crippen LogP contribution in [0.5, 0.6) is 0 Å². The number of hydrogen-bond acceptors (Lipinski definition) is 1. The summed E-state index contributed by atoms with van der Waals surface area (Å²) in [4.78, 5) is 0. The first-order chi connectivity index (χ1) is 6.50. The molecule has 1 nitrogen and oxygen atoms in total. The average molecular weight is 257 g/mol. The first-order valence-electron chi connectivity index (χ1n) is 5.29. The van der Waals surface area contributed by atoms with Gasteiger partial charge < -0.3 is 4.52 Å². The fourth-order valence-corrected chi connectivity index (χ4v) is 3.40. The Labute approximate surface area is 97.9 Å². The molecule has 0 aromatic rings. The molecule has 4 heteroatoms. The third kappa shape index (κ3) is 3.85. The molecule has 0 radical (unpaired) electrons. The standard InChI is InChI=1S/C10H19Cl2OP/c1-7(2)9-5-4-8(3)6-10(9)13-14(11)12/h7-10H,4-6H2,1-3H3/t8-,9+,10?/m1/s1. The van der Waals surface area contributed by atoms with Crippen molar-refractivity contribution in [3.63, 3.8) is 0 Å². The zero-order valence-electron chi connectivity index (χ0n) is 9.04. The highest BCUT2D eigenvalue weighted by molar-refractivity contribution is 8.00. The van der Waals surface area contributed by atoms with E-state index in [4.69, 9.17) is 27.0 Å². The van der Waals surface area contributed by atoms with E-state index in [0.29, 0.717) is 11.8 Å². The minimum atomic E-state index is -1.25. The second-order valence-electron chi connectivity index (χ2n) is 4.67. The third-order valence-corrected chi connectivity index (χ3v) is 4.08. The molecular formula is C10H19Cl2OP. The van der Waals surface area contributed by atoms with Gasteiger partial charge in [0.15, 0.2) is 0 Å². The number of hydrogen-bond donors (Lipinski definition) is 0. The monoisotopic (exact) mass is 256 g/mol. The summed E-state index contributed by atoms with van der Waals surface area (Å²) < 4.78 is 5.63. The summed E-state index contributed by atoms with van der Waals surface area (Å²) in [6.07, 6.45) is 3.95. The Morgan fingerprint density at radius 1 is 1.29 bits per heavy atom. The van der Waals surface area contributed by atoms with Crippen LogP contribution in [0.25, 0.3) is 0 Å². The van der Waals surface area contributed by atoms with E-state index in [1.54, 1.807) is 0 Å². The van der Waals surface area contributed by atoms with Crippen LogP contribution in [-0.4, -0.2) is 6.10 Å². The molecule has 84 valence electrons. The van der Waals surface area contributed by atoms with Crippen molar-refractivity contribution in [3.8, 4) is 0 Å². The topological polar surface area (TPSA) is 9.23 Å². The van der Waals surface area contributed by atoms with Gasteiger partial charge in [-0.05, 0) is 53.1 Å². The number of halogens is 2. The lowest BCUT2D eigenvalue weighted by Gasteiger charge is -2.37. The van der Waals surface area contributed by atoms with Crippen molar-refractivity contribution < 1.29 is 4.52 Å². The normalized spacial score (nSPS) is 34.1. The molecule has 1 unspecified atom stereocenters. The van der Waals surface area contributed by atoms with Gasteiger partial charge in [-0.25, -0.2) is 0 Å². The van der Waals surface area contributed by atoms with Gasteiger partial charge in [-0.1, -0.05) is 27.2 Å². The molecule has 0 aliphatic heterocycles. The van der Waals surface area contributed by atoms with Crippen molar-refractivity contribution in [2.24, 2.45) is 17.8 Å². The maximum Gasteiger partial charge on any atom is 0.225 e. The molecule has 3 atom stereocenters. The van der Waals surface area contributed by atoms with Crippen LogP contribution in [-0.2, 0) is 4.52 Å². The zero-order valence-corrected chi connectivity index (χ0v) is 11.4. The lowest BCUT2D eigenvalue weighted by molar-refractivity contribution is 0.0590. The Bertz CT molecular complexity index is 174. The summed E-state index contributed by atoms with van der Waals surface area (Å²) >= 11 is 11.5. The average Bonchev–Trinajstić information content (AvgIpc) is 2.01. The molecular weight excluding hydrogens is 238 g/mol. The zero-order chi connectivity index (χ0) is 10.7. The Hall–Kier alpha value is 0.970. The molecule has 14 heavy (non-hydrogen) atoms. The highest BCUT2D eigenvalue weighted by atomic mass is 35.9. The van der Waals surface area contributed by atoms with Crippen molar-refractivity contribution in [2.45, 2.75) is 46.1 Å². The molecule has 0 aromatic carbocycles. The van der Waals surface area contributed by atoms with Gasteiger partial charge in [-0.2, -0.15) is 0 Å². The molecule has 0 N–H and O–H groups in total. The fraction of sp³-hybridized carbons (Fsp3) is 1.00. The highest BCUT2D eigenvalue weighted by Crippen LogP contribution is 2.52. The molecule has 0 amide bonds. The lowest BCUT2D eigenvalue weighted by Crippen LogP contribution is -2.32. The first kappa shape index (κ1) is 13.0. The Morgan fingerprint density at radius 2 is 1.93 bits per heavy atom. The second-order valence-corrected chi connectivity index (χ2v) is 7.65. The third-order valence-electron chi connectivity index (χ3n) is 3.18. The van der Waals surface area contributed by atoms with Crippen molar-refractivity contribution in [3.05, 3.63) is 0 Å². The van der Waals surface area contributed by atoms with E-state index >= 15 is 0 Å². The Morgan fingerprint density at radius 3 is 2.43 bits per heavy atom. The summed E-state index contributed by atoms with van der Waals surface area (Å²) in [6.45, 7) is 5.53. The maximum atomic E-state index is 5.74. The van der Waals surface area contributed by atoms with Crippen molar-refractivity contribution >= 4 is 29.3 Å². The van der Waals surface area contributed by atoms with Crippen LogP contribution < -0.4 is 0 Å². The Balaban J connectivity index is 2.54. The van der Waals surface area contributed by atoms with E-state index in [1.807, 2.05) is 0 Å². The maximum absolute atomic E-state index is 5.74. The van der Waals surface area contributed by atoms with Gasteiger partial charge in [-0.15, -0.1) is 0 Å². The van der Waals surface area contributed by atoms with E-state index < -0.39 is 6.85 Å². The molecule has 1 rings (SSSR count). The SMILES string of the molecule is CC(C)[C@@H]1CC[C@@H](C)CC1OP(Cl)Cl. The van der Waals surface area contributed by atoms with Gasteiger partial charge in [-0.3, -0.25) is 0 Å². The predicted molar refractivity (Wildman–Crippen MR) is 64.8 cm³/mol. The quantitative estimate of drug-likeness (QED) is 0.634. The van der Waals surface area contributed by atoms with Crippen molar-refractivity contribution in [1.82, 2.24) is 0 Å². The van der Waals surface area contributed by atoms with E-state index in [1.165, 1.54) is 12.8 Å². The smallest absolute Gasteiger partial charge is 0.225 e. The summed E-state index contributed by atoms with van der Waals surface area (Å²) in [6, 6.07) is 0. The highest BCUT2D eigenvalue weighted by Gasteiger charge is 2.32. The van der Waals surface area contributed by atoms with Crippen LogP contribution in [0.4, 0.5) is 0 Å². The van der Waals surface area contributed by atoms with Gasteiger partial charge >= 0.3 is 0 Å². The number of rotatable bonds is 3. The van der Waals surface area contributed by atoms with Gasteiger partial charge in [0.05, 0.1) is 6.10 Å². The van der Waals surface area contributed by atoms with Crippen LogP contribution >= 0.6 is 29.3 Å². The lowest BCUT2D eigenvalue weighted by atomic mass is 9.75. The van der Waals surface area contributed by atoms with Crippen LogP contribution in [0.2, 0.25) is 0 Å². The summed E-state index contributed by atoms with van der Waals surface area (Å²) in [5.74, 6) is 2.04. The molecule has 0 bridgehead atoms. The fourth-order valence-electron chi connectivity index (χ4n) is 2.34. The van der Waals surface area contributed by atoms with Gasteiger partial charge in [0.25, 0.3) is 0 Å². The predicted octanol–water partition coefficient (Wildman–Crippen LogP) is 5.17. The summed E-state index contributed by atoms with van der Waals surface area (Å²) in [5, 5.41) is 0. The molecule has 0 spiro atoms. The molecule has 1 saturated carbocycles. The molecule has 0 heterocycles. The van der Waals surface area contributed by atoms with E-state index in [2.05, 4.69) is 20.8 Å². The minimum absolute atomic E-state index is 0.278. The minimum Gasteiger partial charge on any atom is -0.328 e. The second kappa shape index (κ2) is 5.89. The van der Waals surface area contributed by atoms with Crippen LogP contribution in [0.3, 0.4) is 0 Å². The largest absolute Gasteiger partial charge is 0.328 e. The summed E-state index contributed by atoms with van der Waals surface area (Å²) in [7, 11) is 0. The molecule has 0 saturated heterocycles. The van der Waals surface area contributed by atoms with Crippen LogP contribution in [0.15, 0.2) is 0 Å². The summed E-state index contributed by atoms with van der Waals surface area (Å²) in [5.41, 5.74) is 0. The van der Waals surface area contributed by atoms with Crippen molar-refractivity contribution in [1.29, 1.82) is 0 Å². The molecule has 1 aliphatic carbocycles. The molecule has 0 aromatic heterocycles. The van der Waals surface area contributed by atoms with Crippen LogP contribution in [0.1, 0.15) is 40.0 Å². The van der Waals surface area contributed by atoms with E-state index in [0.717, 1.165) is 12.3 Å². The van der Waals surface area contributed by atoms with Gasteiger partial charge in [0.2, 0.25) is 6.85 Å². The van der Waals surface area contributed by atoms with Crippen LogP contribution in [0, 0.1) is 17.8 Å². The molecule has 1 fully saturated rings. The molecule has 1 aliphatic rings. The van der Waals surface area contributed by atoms with Gasteiger partial charge in [0.1, 0.15) is 0 Å². The van der Waals surface area contributed by atoms with Crippen molar-refractivity contribution in [2.75, 3.05) is 0 Å². The van der Waals surface area contributed by atoms with E-state index in [-0.39, 0.29) is 6.10 Å². The Kier molecular flexibility index (Phi) is 5.49. The van der Waals surface area contributed by atoms with Gasteiger partial charge in [0, 0.05) is 0 Å². The first-order valence-corrected chi connectivity index (χ1v) is 8.36.